The molecule has 0 saturated carbocycles. The molecule has 0 bridgehead atoms. The van der Waals surface area contributed by atoms with Gasteiger partial charge in [0.1, 0.15) is 0 Å². The number of fused-ring (bicyclic) bond motifs is 5. The maximum Gasteiger partial charge on any atom is 0.152 e. The van der Waals surface area contributed by atoms with E-state index in [2.05, 4.69) is 66.2 Å². The van der Waals surface area contributed by atoms with E-state index in [4.69, 9.17) is 0 Å². The van der Waals surface area contributed by atoms with E-state index in [9.17, 15) is 4.79 Å². The van der Waals surface area contributed by atoms with E-state index in [0.29, 0.717) is 0 Å². The summed E-state index contributed by atoms with van der Waals surface area (Å²) in [5, 5.41) is 2.51. The Morgan fingerprint density at radius 2 is 1.87 bits per heavy atom. The van der Waals surface area contributed by atoms with E-state index in [1.807, 2.05) is 6.08 Å². The molecule has 1 aromatic carbocycles. The fraction of sp³-hybridized carbons (Fsp3) is 0.0952. The highest BCUT2D eigenvalue weighted by atomic mass is 16.1. The van der Waals surface area contributed by atoms with Crippen LogP contribution < -0.4 is 0 Å². The molecule has 2 aliphatic rings. The number of aryl methyl sites for hydroxylation is 1. The first-order valence-corrected chi connectivity index (χ1v) is 7.74. The standard InChI is InChI=1S/C21H17NO/c1-14(23)11-12-15-8-6-10-18-20-17-9-5-3-4-7-16(17)13-19(20)22(2)21(15)18/h3-13H,1-2H3/b12-11+. The number of para-hydroxylation sites is 1. The molecule has 2 heteroatoms. The third-order valence-corrected chi connectivity index (χ3v) is 4.42. The number of nitrogens with zero attached hydrogens (tertiary/aromatic N) is 1. The van der Waals surface area contributed by atoms with E-state index in [1.165, 1.54) is 32.9 Å². The summed E-state index contributed by atoms with van der Waals surface area (Å²) in [4.78, 5) is 11.3. The Morgan fingerprint density at radius 1 is 1.04 bits per heavy atom. The molecule has 0 N–H and O–H groups in total. The average molecular weight is 299 g/mol. The molecule has 0 aliphatic heterocycles. The van der Waals surface area contributed by atoms with Crippen molar-refractivity contribution in [1.82, 2.24) is 4.57 Å². The molecule has 0 saturated heterocycles. The number of ketones is 1. The van der Waals surface area contributed by atoms with Crippen LogP contribution >= 0.6 is 0 Å². The molecule has 0 amide bonds. The molecule has 0 unspecified atom stereocenters. The van der Waals surface area contributed by atoms with Gasteiger partial charge in [-0.25, -0.2) is 0 Å². The fourth-order valence-electron chi connectivity index (χ4n) is 3.42. The topological polar surface area (TPSA) is 22.0 Å². The van der Waals surface area contributed by atoms with E-state index < -0.39 is 0 Å². The average Bonchev–Trinajstić information content (AvgIpc) is 2.92. The van der Waals surface area contributed by atoms with Gasteiger partial charge in [-0.3, -0.25) is 4.79 Å². The Bertz CT molecular complexity index is 1050. The van der Waals surface area contributed by atoms with Gasteiger partial charge >= 0.3 is 0 Å². The maximum absolute atomic E-state index is 11.3. The second kappa shape index (κ2) is 5.10. The summed E-state index contributed by atoms with van der Waals surface area (Å²) in [7, 11) is 2.09. The maximum atomic E-state index is 11.3. The molecule has 2 aromatic rings. The van der Waals surface area contributed by atoms with Crippen molar-refractivity contribution < 1.29 is 4.79 Å². The van der Waals surface area contributed by atoms with Crippen LogP contribution in [-0.4, -0.2) is 10.4 Å². The third-order valence-electron chi connectivity index (χ3n) is 4.42. The van der Waals surface area contributed by atoms with Crippen molar-refractivity contribution in [3.63, 3.8) is 0 Å². The molecular weight excluding hydrogens is 282 g/mol. The minimum absolute atomic E-state index is 0.0627. The molecule has 4 rings (SSSR count). The summed E-state index contributed by atoms with van der Waals surface area (Å²) in [6.07, 6.45) is 3.54. The number of allylic oxidation sites excluding steroid dienone is 1. The Balaban J connectivity index is 2.14. The smallest absolute Gasteiger partial charge is 0.152 e. The van der Waals surface area contributed by atoms with Crippen molar-refractivity contribution in [2.24, 2.45) is 7.05 Å². The van der Waals surface area contributed by atoms with Gasteiger partial charge in [0, 0.05) is 17.8 Å². The Hall–Kier alpha value is -2.87. The largest absolute Gasteiger partial charge is 0.343 e. The zero-order valence-electron chi connectivity index (χ0n) is 13.2. The predicted molar refractivity (Wildman–Crippen MR) is 96.8 cm³/mol. The van der Waals surface area contributed by atoms with Gasteiger partial charge in [-0.15, -0.1) is 0 Å². The molecule has 0 spiro atoms. The van der Waals surface area contributed by atoms with Gasteiger partial charge in [0.15, 0.2) is 5.78 Å². The molecule has 0 radical (unpaired) electrons. The summed E-state index contributed by atoms with van der Waals surface area (Å²) in [6, 6.07) is 19.1. The Kier molecular flexibility index (Phi) is 3.05. The molecule has 23 heavy (non-hydrogen) atoms. The zero-order valence-corrected chi connectivity index (χ0v) is 13.2. The van der Waals surface area contributed by atoms with Gasteiger partial charge in [-0.1, -0.05) is 48.5 Å². The lowest BCUT2D eigenvalue weighted by Crippen LogP contribution is -1.89. The van der Waals surface area contributed by atoms with Crippen molar-refractivity contribution >= 4 is 33.7 Å². The van der Waals surface area contributed by atoms with Gasteiger partial charge in [0.2, 0.25) is 0 Å². The van der Waals surface area contributed by atoms with Crippen molar-refractivity contribution in [2.75, 3.05) is 0 Å². The van der Waals surface area contributed by atoms with Crippen LogP contribution in [0.3, 0.4) is 0 Å². The zero-order chi connectivity index (χ0) is 16.0. The molecule has 1 heterocycles. The second-order valence-corrected chi connectivity index (χ2v) is 5.93. The van der Waals surface area contributed by atoms with Crippen LogP contribution in [0.15, 0.2) is 60.7 Å². The van der Waals surface area contributed by atoms with E-state index in [1.54, 1.807) is 13.0 Å². The highest BCUT2D eigenvalue weighted by Crippen LogP contribution is 2.40. The summed E-state index contributed by atoms with van der Waals surface area (Å²) in [6.45, 7) is 1.58. The molecule has 0 fully saturated rings. The van der Waals surface area contributed by atoms with Crippen LogP contribution in [0.5, 0.6) is 0 Å². The van der Waals surface area contributed by atoms with Gasteiger partial charge in [0.25, 0.3) is 0 Å². The van der Waals surface area contributed by atoms with E-state index in [0.717, 1.165) is 5.56 Å². The number of hydrogen-bond acceptors (Lipinski definition) is 1. The first-order valence-electron chi connectivity index (χ1n) is 7.74. The normalized spacial score (nSPS) is 11.9. The summed E-state index contributed by atoms with van der Waals surface area (Å²) >= 11 is 0. The molecule has 2 aliphatic carbocycles. The van der Waals surface area contributed by atoms with Gasteiger partial charge < -0.3 is 4.57 Å². The Labute approximate surface area is 135 Å². The molecular formula is C21H17NO. The number of aromatic nitrogens is 1. The van der Waals surface area contributed by atoms with Crippen LogP contribution in [0.1, 0.15) is 12.5 Å². The molecule has 0 atom stereocenters. The fourth-order valence-corrected chi connectivity index (χ4v) is 3.42. The van der Waals surface area contributed by atoms with Crippen LogP contribution in [0.2, 0.25) is 0 Å². The van der Waals surface area contributed by atoms with Crippen LogP contribution in [0, 0.1) is 0 Å². The summed E-state index contributed by atoms with van der Waals surface area (Å²) < 4.78 is 2.23. The van der Waals surface area contributed by atoms with E-state index >= 15 is 0 Å². The van der Waals surface area contributed by atoms with E-state index in [-0.39, 0.29) is 5.78 Å². The quantitative estimate of drug-likeness (QED) is 0.475. The lowest BCUT2D eigenvalue weighted by atomic mass is 10.1. The van der Waals surface area contributed by atoms with Crippen LogP contribution in [0.4, 0.5) is 0 Å². The van der Waals surface area contributed by atoms with Gasteiger partial charge in [-0.05, 0) is 41.8 Å². The number of benzene rings is 1. The first kappa shape index (κ1) is 13.8. The first-order chi connectivity index (χ1) is 11.2. The van der Waals surface area contributed by atoms with Crippen molar-refractivity contribution in [1.29, 1.82) is 0 Å². The lowest BCUT2D eigenvalue weighted by Gasteiger charge is -2.03. The molecule has 1 aromatic heterocycles. The van der Waals surface area contributed by atoms with Crippen molar-refractivity contribution in [3.8, 4) is 11.1 Å². The Morgan fingerprint density at radius 3 is 2.70 bits per heavy atom. The number of carbonyl (C=O) groups is 1. The minimum Gasteiger partial charge on any atom is -0.343 e. The third kappa shape index (κ3) is 2.07. The minimum atomic E-state index is 0.0627. The highest BCUT2D eigenvalue weighted by molar-refractivity contribution is 6.19. The highest BCUT2D eigenvalue weighted by Gasteiger charge is 2.17. The molecule has 112 valence electrons. The van der Waals surface area contributed by atoms with Crippen molar-refractivity contribution in [3.05, 3.63) is 66.2 Å². The number of hydrogen-bond donors (Lipinski definition) is 0. The predicted octanol–water partition coefficient (Wildman–Crippen LogP) is 5.04. The SMILES string of the molecule is CC(=O)/C=C/c1cccc2c3c4cccccc-4cc3n(C)c12. The summed E-state index contributed by atoms with van der Waals surface area (Å²) in [5.41, 5.74) is 5.99. The molecule has 2 nitrogen and oxygen atoms in total. The van der Waals surface area contributed by atoms with Gasteiger partial charge in [0.05, 0.1) is 11.0 Å². The van der Waals surface area contributed by atoms with Crippen LogP contribution in [-0.2, 0) is 11.8 Å². The second-order valence-electron chi connectivity index (χ2n) is 5.93. The number of rotatable bonds is 2. The lowest BCUT2D eigenvalue weighted by molar-refractivity contribution is -0.112. The monoisotopic (exact) mass is 299 g/mol. The van der Waals surface area contributed by atoms with Gasteiger partial charge in [-0.2, -0.15) is 0 Å². The van der Waals surface area contributed by atoms with Crippen LogP contribution in [0.25, 0.3) is 39.0 Å². The summed E-state index contributed by atoms with van der Waals surface area (Å²) in [5.74, 6) is 0.0627. The number of carbonyl (C=O) groups excluding carboxylic acids is 1. The van der Waals surface area contributed by atoms with Crippen molar-refractivity contribution in [2.45, 2.75) is 6.92 Å².